The number of hydrogen-bond donors (Lipinski definition) is 2. The summed E-state index contributed by atoms with van der Waals surface area (Å²) in [6.07, 6.45) is 1.22. The van der Waals surface area contributed by atoms with Gasteiger partial charge in [-0.1, -0.05) is 12.1 Å². The number of rotatable bonds is 8. The van der Waals surface area contributed by atoms with Gasteiger partial charge in [-0.3, -0.25) is 14.4 Å². The average Bonchev–Trinajstić information content (AvgIpc) is 2.94. The first-order valence-electron chi connectivity index (χ1n) is 12.1. The molecule has 206 valence electrons. The zero-order valence-corrected chi connectivity index (χ0v) is 21.8. The highest BCUT2D eigenvalue weighted by molar-refractivity contribution is 5.94. The van der Waals surface area contributed by atoms with Crippen molar-refractivity contribution in [3.63, 3.8) is 0 Å². The summed E-state index contributed by atoms with van der Waals surface area (Å²) in [6.45, 7) is -0.341. The topological polar surface area (TPSA) is 157 Å². The van der Waals surface area contributed by atoms with E-state index in [1.807, 2.05) is 0 Å². The Morgan fingerprint density at radius 3 is 2.38 bits per heavy atom. The molecule has 1 atom stereocenters. The van der Waals surface area contributed by atoms with E-state index in [9.17, 15) is 19.5 Å². The van der Waals surface area contributed by atoms with Crippen molar-refractivity contribution in [2.24, 2.45) is 5.73 Å². The van der Waals surface area contributed by atoms with E-state index in [0.717, 1.165) is 0 Å². The van der Waals surface area contributed by atoms with E-state index in [0.29, 0.717) is 33.9 Å². The first-order chi connectivity index (χ1) is 19.2. The van der Waals surface area contributed by atoms with Gasteiger partial charge in [0.25, 0.3) is 5.91 Å². The number of phenols is 1. The monoisotopic (exact) mass is 547 g/mol. The molecular weight excluding hydrogens is 522 g/mol. The zero-order valence-electron chi connectivity index (χ0n) is 21.8. The number of benzene rings is 3. The van der Waals surface area contributed by atoms with Gasteiger partial charge in [0.05, 0.1) is 33.3 Å². The van der Waals surface area contributed by atoms with Crippen molar-refractivity contribution in [3.05, 3.63) is 70.1 Å². The third-order valence-electron chi connectivity index (χ3n) is 6.62. The summed E-state index contributed by atoms with van der Waals surface area (Å²) in [5.74, 6) is -0.638. The Balaban J connectivity index is 1.66. The number of esters is 1. The van der Waals surface area contributed by atoms with Crippen LogP contribution in [-0.2, 0) is 9.59 Å². The van der Waals surface area contributed by atoms with Crippen LogP contribution >= 0.6 is 0 Å². The molecule has 5 rings (SSSR count). The molecule has 0 spiro atoms. The van der Waals surface area contributed by atoms with Gasteiger partial charge in [-0.2, -0.15) is 0 Å². The molecule has 3 aromatic carbocycles. The van der Waals surface area contributed by atoms with E-state index < -0.39 is 29.0 Å². The molecule has 40 heavy (non-hydrogen) atoms. The Morgan fingerprint density at radius 1 is 0.975 bits per heavy atom. The van der Waals surface area contributed by atoms with Crippen LogP contribution in [-0.4, -0.2) is 44.9 Å². The van der Waals surface area contributed by atoms with E-state index >= 15 is 0 Å². The zero-order chi connectivity index (χ0) is 28.6. The van der Waals surface area contributed by atoms with Gasteiger partial charge < -0.3 is 38.9 Å². The number of phenolic OH excluding ortho intramolecular Hbond substituents is 1. The molecular formula is C29H25NO10. The van der Waals surface area contributed by atoms with Crippen LogP contribution in [0, 0.1) is 0 Å². The summed E-state index contributed by atoms with van der Waals surface area (Å²) in [4.78, 5) is 37.4. The maximum atomic E-state index is 13.7. The summed E-state index contributed by atoms with van der Waals surface area (Å²) in [6, 6.07) is 11.1. The van der Waals surface area contributed by atoms with Crippen LogP contribution in [0.15, 0.2) is 57.9 Å². The molecule has 2 heterocycles. The van der Waals surface area contributed by atoms with Crippen molar-refractivity contribution < 1.29 is 42.8 Å². The number of nitrogens with two attached hydrogens (primary N) is 1. The molecule has 4 aromatic rings. The van der Waals surface area contributed by atoms with Gasteiger partial charge in [0, 0.05) is 17.5 Å². The largest absolute Gasteiger partial charge is 0.507 e. The molecule has 1 aliphatic rings. The molecule has 1 aliphatic heterocycles. The summed E-state index contributed by atoms with van der Waals surface area (Å²) in [5, 5.41) is 10.8. The van der Waals surface area contributed by atoms with Gasteiger partial charge >= 0.3 is 5.97 Å². The van der Waals surface area contributed by atoms with Crippen LogP contribution in [0.2, 0.25) is 0 Å². The lowest BCUT2D eigenvalue weighted by Gasteiger charge is -2.26. The Kier molecular flexibility index (Phi) is 6.95. The normalized spacial score (nSPS) is 14.3. The van der Waals surface area contributed by atoms with Gasteiger partial charge in [-0.15, -0.1) is 0 Å². The van der Waals surface area contributed by atoms with E-state index in [4.69, 9.17) is 33.8 Å². The second-order valence-electron chi connectivity index (χ2n) is 8.96. The maximum absolute atomic E-state index is 13.7. The predicted molar refractivity (Wildman–Crippen MR) is 142 cm³/mol. The van der Waals surface area contributed by atoms with E-state index in [2.05, 4.69) is 0 Å². The number of hydrogen-bond acceptors (Lipinski definition) is 10. The highest BCUT2D eigenvalue weighted by atomic mass is 16.5. The minimum Gasteiger partial charge on any atom is -0.507 e. The summed E-state index contributed by atoms with van der Waals surface area (Å²) >= 11 is 0. The molecule has 1 amide bonds. The van der Waals surface area contributed by atoms with Gasteiger partial charge in [0.15, 0.2) is 29.6 Å². The molecule has 0 unspecified atom stereocenters. The fourth-order valence-corrected chi connectivity index (χ4v) is 4.79. The standard InChI is InChI=1S/C29H25NO10/c1-35-19-6-4-15(9-21(19)36-2)17-12-39-29-26-16(10-25(33)40-23(26)11-18(31)27(29)28(17)34)14-5-7-20(22(8-14)37-3)38-13-24(30)32/h4-9,11-12,16,31H,10,13H2,1-3H3,(H2,30,32)/t16-/m1/s1. The Hall–Kier alpha value is -5.19. The molecule has 0 aliphatic carbocycles. The fraction of sp³-hybridized carbons (Fsp3) is 0.207. The second-order valence-corrected chi connectivity index (χ2v) is 8.96. The molecule has 11 nitrogen and oxygen atoms in total. The first kappa shape index (κ1) is 26.4. The summed E-state index contributed by atoms with van der Waals surface area (Å²) in [7, 11) is 4.42. The smallest absolute Gasteiger partial charge is 0.312 e. The average molecular weight is 548 g/mol. The number of methoxy groups -OCH3 is 3. The molecule has 0 radical (unpaired) electrons. The van der Waals surface area contributed by atoms with Gasteiger partial charge in [0.2, 0.25) is 5.43 Å². The lowest BCUT2D eigenvalue weighted by atomic mass is 9.84. The Morgan fingerprint density at radius 2 is 1.68 bits per heavy atom. The van der Waals surface area contributed by atoms with Crippen molar-refractivity contribution in [3.8, 4) is 45.6 Å². The summed E-state index contributed by atoms with van der Waals surface area (Å²) < 4.78 is 32.9. The molecule has 0 bridgehead atoms. The lowest BCUT2D eigenvalue weighted by Crippen LogP contribution is -2.22. The molecule has 3 N–H and O–H groups in total. The SMILES string of the molecule is COc1ccc(-c2coc3c4c(cc(O)c3c2=O)OC(=O)C[C@@H]4c2ccc(OCC(N)=O)c(OC)c2)cc1OC. The molecule has 0 fully saturated rings. The van der Waals surface area contributed by atoms with Crippen molar-refractivity contribution in [1.29, 1.82) is 0 Å². The molecule has 0 saturated carbocycles. The van der Waals surface area contributed by atoms with Gasteiger partial charge in [-0.25, -0.2) is 0 Å². The number of primary amides is 1. The van der Waals surface area contributed by atoms with Crippen molar-refractivity contribution in [2.75, 3.05) is 27.9 Å². The number of amides is 1. The van der Waals surface area contributed by atoms with Crippen LogP contribution in [0.25, 0.3) is 22.1 Å². The van der Waals surface area contributed by atoms with Crippen LogP contribution < -0.4 is 34.8 Å². The Labute approximate surface area is 227 Å². The molecule has 11 heteroatoms. The van der Waals surface area contributed by atoms with Crippen molar-refractivity contribution in [2.45, 2.75) is 12.3 Å². The fourth-order valence-electron chi connectivity index (χ4n) is 4.79. The third-order valence-corrected chi connectivity index (χ3v) is 6.62. The second kappa shape index (κ2) is 10.5. The quantitative estimate of drug-likeness (QED) is 0.247. The van der Waals surface area contributed by atoms with Crippen LogP contribution in [0.3, 0.4) is 0 Å². The minimum atomic E-state index is -0.649. The minimum absolute atomic E-state index is 0.0673. The first-order valence-corrected chi connectivity index (χ1v) is 12.1. The number of carbonyl (C=O) groups is 2. The van der Waals surface area contributed by atoms with Crippen LogP contribution in [0.5, 0.6) is 34.5 Å². The van der Waals surface area contributed by atoms with E-state index in [-0.39, 0.29) is 41.1 Å². The van der Waals surface area contributed by atoms with Gasteiger partial charge in [-0.05, 0) is 35.4 Å². The lowest BCUT2D eigenvalue weighted by molar-refractivity contribution is -0.135. The molecule has 0 saturated heterocycles. The number of fused-ring (bicyclic) bond motifs is 3. The van der Waals surface area contributed by atoms with Crippen LogP contribution in [0.4, 0.5) is 0 Å². The number of ether oxygens (including phenoxy) is 5. The van der Waals surface area contributed by atoms with Crippen molar-refractivity contribution >= 4 is 22.8 Å². The third kappa shape index (κ3) is 4.62. The van der Waals surface area contributed by atoms with Crippen LogP contribution in [0.1, 0.15) is 23.5 Å². The summed E-state index contributed by atoms with van der Waals surface area (Å²) in [5.41, 5.74) is 6.48. The highest BCUT2D eigenvalue weighted by Crippen LogP contribution is 2.47. The Bertz CT molecular complexity index is 1710. The number of carbonyl (C=O) groups excluding carboxylic acids is 2. The molecule has 1 aromatic heterocycles. The maximum Gasteiger partial charge on any atom is 0.312 e. The predicted octanol–water partition coefficient (Wildman–Crippen LogP) is 3.50. The number of aromatic hydroxyl groups is 1. The van der Waals surface area contributed by atoms with E-state index in [1.54, 1.807) is 36.4 Å². The van der Waals surface area contributed by atoms with E-state index in [1.165, 1.54) is 33.7 Å². The highest BCUT2D eigenvalue weighted by Gasteiger charge is 2.34. The van der Waals surface area contributed by atoms with Crippen molar-refractivity contribution in [1.82, 2.24) is 0 Å². The van der Waals surface area contributed by atoms with Gasteiger partial charge in [0.1, 0.15) is 28.7 Å².